The standard InChI is InChI=1S/C10H10ClN3O3S/c1-2-9-10(13-17-12-9)14-18(15,16)8-5-3-7(11)4-6-8/h3-6H,2H2,1H3,(H,13,14). The number of aryl methyl sites for hydroxylation is 1. The van der Waals surface area contributed by atoms with Crippen LogP contribution in [-0.2, 0) is 16.4 Å². The van der Waals surface area contributed by atoms with Crippen LogP contribution in [0.15, 0.2) is 33.8 Å². The Morgan fingerprint density at radius 3 is 2.56 bits per heavy atom. The smallest absolute Gasteiger partial charge is 0.259 e. The lowest BCUT2D eigenvalue weighted by atomic mass is 10.3. The second kappa shape index (κ2) is 4.95. The van der Waals surface area contributed by atoms with E-state index in [1.54, 1.807) is 0 Å². The van der Waals surface area contributed by atoms with E-state index in [0.29, 0.717) is 17.1 Å². The molecule has 1 heterocycles. The summed E-state index contributed by atoms with van der Waals surface area (Å²) in [5.74, 6) is 0.104. The van der Waals surface area contributed by atoms with Crippen molar-refractivity contribution in [2.45, 2.75) is 18.2 Å². The van der Waals surface area contributed by atoms with E-state index in [9.17, 15) is 8.42 Å². The van der Waals surface area contributed by atoms with Gasteiger partial charge in [0.15, 0.2) is 0 Å². The maximum atomic E-state index is 12.0. The highest BCUT2D eigenvalue weighted by molar-refractivity contribution is 7.92. The molecule has 96 valence electrons. The maximum Gasteiger partial charge on any atom is 0.263 e. The first-order valence-corrected chi connectivity index (χ1v) is 6.99. The molecule has 0 fully saturated rings. The van der Waals surface area contributed by atoms with Crippen LogP contribution in [0.5, 0.6) is 0 Å². The molecule has 0 radical (unpaired) electrons. The molecule has 1 N–H and O–H groups in total. The number of nitrogens with one attached hydrogen (secondary N) is 1. The quantitative estimate of drug-likeness (QED) is 0.930. The predicted molar refractivity (Wildman–Crippen MR) is 65.9 cm³/mol. The highest BCUT2D eigenvalue weighted by atomic mass is 35.5. The Morgan fingerprint density at radius 1 is 1.28 bits per heavy atom. The molecule has 6 nitrogen and oxygen atoms in total. The van der Waals surface area contributed by atoms with Crippen molar-refractivity contribution in [1.82, 2.24) is 10.3 Å². The van der Waals surface area contributed by atoms with Gasteiger partial charge in [0.25, 0.3) is 10.0 Å². The number of nitrogens with zero attached hydrogens (tertiary/aromatic N) is 2. The van der Waals surface area contributed by atoms with E-state index in [0.717, 1.165) is 0 Å². The summed E-state index contributed by atoms with van der Waals surface area (Å²) >= 11 is 5.70. The molecule has 0 aliphatic rings. The first-order valence-electron chi connectivity index (χ1n) is 5.12. The Balaban J connectivity index is 2.30. The summed E-state index contributed by atoms with van der Waals surface area (Å²) < 4.78 is 30.8. The minimum atomic E-state index is -3.70. The Bertz CT molecular complexity index is 637. The lowest BCUT2D eigenvalue weighted by Crippen LogP contribution is -2.14. The molecule has 0 unspecified atom stereocenters. The molecule has 1 aromatic carbocycles. The summed E-state index contributed by atoms with van der Waals surface area (Å²) in [5.41, 5.74) is 0.451. The minimum Gasteiger partial charge on any atom is -0.259 e. The fourth-order valence-electron chi connectivity index (χ4n) is 1.32. The summed E-state index contributed by atoms with van der Waals surface area (Å²) in [7, 11) is -3.70. The summed E-state index contributed by atoms with van der Waals surface area (Å²) in [6.07, 6.45) is 0.516. The molecule has 0 aliphatic heterocycles. The highest BCUT2D eigenvalue weighted by Crippen LogP contribution is 2.18. The van der Waals surface area contributed by atoms with Crippen molar-refractivity contribution in [1.29, 1.82) is 0 Å². The van der Waals surface area contributed by atoms with Crippen LogP contribution in [-0.4, -0.2) is 18.7 Å². The van der Waals surface area contributed by atoms with Crippen molar-refractivity contribution < 1.29 is 13.0 Å². The average Bonchev–Trinajstić information content (AvgIpc) is 2.76. The van der Waals surface area contributed by atoms with E-state index >= 15 is 0 Å². The molecular formula is C10H10ClN3O3S. The number of sulfonamides is 1. The van der Waals surface area contributed by atoms with Crippen molar-refractivity contribution in [2.24, 2.45) is 0 Å². The molecule has 2 rings (SSSR count). The van der Waals surface area contributed by atoms with Gasteiger partial charge in [-0.2, -0.15) is 0 Å². The van der Waals surface area contributed by atoms with Crippen LogP contribution in [0.3, 0.4) is 0 Å². The van der Waals surface area contributed by atoms with Crippen LogP contribution in [0, 0.1) is 0 Å². The number of benzene rings is 1. The molecule has 8 heteroatoms. The second-order valence-electron chi connectivity index (χ2n) is 3.47. The zero-order valence-corrected chi connectivity index (χ0v) is 11.0. The molecule has 0 saturated carbocycles. The van der Waals surface area contributed by atoms with E-state index in [4.69, 9.17) is 11.6 Å². The molecule has 0 spiro atoms. The van der Waals surface area contributed by atoms with Crippen molar-refractivity contribution in [3.05, 3.63) is 35.0 Å². The first kappa shape index (κ1) is 12.8. The van der Waals surface area contributed by atoms with Gasteiger partial charge in [-0.05, 0) is 35.8 Å². The number of hydrogen-bond donors (Lipinski definition) is 1. The molecule has 0 saturated heterocycles. The van der Waals surface area contributed by atoms with Gasteiger partial charge < -0.3 is 0 Å². The van der Waals surface area contributed by atoms with E-state index in [1.165, 1.54) is 24.3 Å². The van der Waals surface area contributed by atoms with E-state index in [-0.39, 0.29) is 10.7 Å². The van der Waals surface area contributed by atoms with Gasteiger partial charge in [0.2, 0.25) is 5.82 Å². The molecular weight excluding hydrogens is 278 g/mol. The highest BCUT2D eigenvalue weighted by Gasteiger charge is 2.18. The fraction of sp³-hybridized carbons (Fsp3) is 0.200. The van der Waals surface area contributed by atoms with Gasteiger partial charge >= 0.3 is 0 Å². The predicted octanol–water partition coefficient (Wildman–Crippen LogP) is 2.09. The third-order valence-corrected chi connectivity index (χ3v) is 3.85. The number of aromatic nitrogens is 2. The van der Waals surface area contributed by atoms with E-state index < -0.39 is 10.0 Å². The number of rotatable bonds is 4. The van der Waals surface area contributed by atoms with E-state index in [1.807, 2.05) is 6.92 Å². The van der Waals surface area contributed by atoms with E-state index in [2.05, 4.69) is 19.7 Å². The fourth-order valence-corrected chi connectivity index (χ4v) is 2.46. The largest absolute Gasteiger partial charge is 0.263 e. The molecule has 2 aromatic rings. The van der Waals surface area contributed by atoms with Gasteiger partial charge in [-0.25, -0.2) is 13.0 Å². The van der Waals surface area contributed by atoms with Crippen molar-refractivity contribution in [2.75, 3.05) is 4.72 Å². The second-order valence-corrected chi connectivity index (χ2v) is 5.59. The third kappa shape index (κ3) is 2.62. The van der Waals surface area contributed by atoms with Crippen LogP contribution >= 0.6 is 11.6 Å². The molecule has 0 bridgehead atoms. The van der Waals surface area contributed by atoms with Gasteiger partial charge in [-0.15, -0.1) is 0 Å². The normalized spacial score (nSPS) is 11.4. The zero-order chi connectivity index (χ0) is 13.2. The topological polar surface area (TPSA) is 85.1 Å². The minimum absolute atomic E-state index is 0.0944. The molecule has 0 atom stereocenters. The molecule has 0 aliphatic carbocycles. The number of hydrogen-bond acceptors (Lipinski definition) is 5. The summed E-state index contributed by atoms with van der Waals surface area (Å²) in [6.45, 7) is 1.82. The molecule has 18 heavy (non-hydrogen) atoms. The van der Waals surface area contributed by atoms with Crippen LogP contribution < -0.4 is 4.72 Å². The SMILES string of the molecule is CCc1nonc1NS(=O)(=O)c1ccc(Cl)cc1. The molecule has 1 aromatic heterocycles. The lowest BCUT2D eigenvalue weighted by Gasteiger charge is -2.05. The summed E-state index contributed by atoms with van der Waals surface area (Å²) in [5, 5.41) is 7.57. The van der Waals surface area contributed by atoms with Crippen LogP contribution in [0.2, 0.25) is 5.02 Å². The third-order valence-electron chi connectivity index (χ3n) is 2.25. The summed E-state index contributed by atoms with van der Waals surface area (Å²) in [4.78, 5) is 0.0944. The number of halogens is 1. The van der Waals surface area contributed by atoms with Crippen LogP contribution in [0.4, 0.5) is 5.82 Å². The van der Waals surface area contributed by atoms with Crippen LogP contribution in [0.25, 0.3) is 0 Å². The van der Waals surface area contributed by atoms with Gasteiger partial charge in [-0.3, -0.25) is 4.72 Å². The van der Waals surface area contributed by atoms with Gasteiger partial charge in [0.05, 0.1) is 4.90 Å². The lowest BCUT2D eigenvalue weighted by molar-refractivity contribution is 0.305. The van der Waals surface area contributed by atoms with Gasteiger partial charge in [-0.1, -0.05) is 23.7 Å². The maximum absolute atomic E-state index is 12.0. The van der Waals surface area contributed by atoms with Crippen molar-refractivity contribution in [3.63, 3.8) is 0 Å². The Hall–Kier alpha value is -1.60. The van der Waals surface area contributed by atoms with Crippen molar-refractivity contribution >= 4 is 27.4 Å². The van der Waals surface area contributed by atoms with Gasteiger partial charge in [0, 0.05) is 5.02 Å². The Kier molecular flexibility index (Phi) is 3.53. The molecule has 0 amide bonds. The summed E-state index contributed by atoms with van der Waals surface area (Å²) in [6, 6.07) is 5.81. The average molecular weight is 288 g/mol. The van der Waals surface area contributed by atoms with Crippen LogP contribution in [0.1, 0.15) is 12.6 Å². The van der Waals surface area contributed by atoms with Crippen molar-refractivity contribution in [3.8, 4) is 0 Å². The monoisotopic (exact) mass is 287 g/mol. The van der Waals surface area contributed by atoms with Gasteiger partial charge in [0.1, 0.15) is 5.69 Å². The Labute approximate surface area is 109 Å². The first-order chi connectivity index (χ1) is 8.53. The Morgan fingerprint density at radius 2 is 1.94 bits per heavy atom. The number of anilines is 1. The zero-order valence-electron chi connectivity index (χ0n) is 9.42.